The van der Waals surface area contributed by atoms with Gasteiger partial charge >= 0.3 is 5.97 Å². The minimum absolute atomic E-state index is 0.0347. The van der Waals surface area contributed by atoms with Crippen LogP contribution in [0.1, 0.15) is 25.6 Å². The Morgan fingerprint density at radius 2 is 2.39 bits per heavy atom. The van der Waals surface area contributed by atoms with Crippen molar-refractivity contribution in [2.75, 3.05) is 6.54 Å². The highest BCUT2D eigenvalue weighted by Gasteiger charge is 2.40. The minimum atomic E-state index is -3.79. The maximum absolute atomic E-state index is 12.3. The van der Waals surface area contributed by atoms with Crippen molar-refractivity contribution in [2.24, 2.45) is 0 Å². The number of sulfonamides is 1. The lowest BCUT2D eigenvalue weighted by Gasteiger charge is -2.19. The summed E-state index contributed by atoms with van der Waals surface area (Å²) in [7, 11) is -3.79. The van der Waals surface area contributed by atoms with Gasteiger partial charge in [-0.3, -0.25) is 4.79 Å². The van der Waals surface area contributed by atoms with Crippen LogP contribution in [0, 0.1) is 0 Å². The molecule has 0 aromatic carbocycles. The summed E-state index contributed by atoms with van der Waals surface area (Å²) in [5, 5.41) is 8.98. The first-order chi connectivity index (χ1) is 8.46. The van der Waals surface area contributed by atoms with Gasteiger partial charge in [-0.15, -0.1) is 0 Å². The lowest BCUT2D eigenvalue weighted by Crippen LogP contribution is -2.40. The van der Waals surface area contributed by atoms with Crippen molar-refractivity contribution in [3.05, 3.63) is 12.0 Å². The second-order valence-electron chi connectivity index (χ2n) is 4.16. The molecule has 7 nitrogen and oxygen atoms in total. The van der Waals surface area contributed by atoms with Crippen LogP contribution in [-0.4, -0.2) is 46.4 Å². The Bertz CT molecular complexity index is 551. The molecule has 100 valence electrons. The van der Waals surface area contributed by atoms with Crippen LogP contribution < -0.4 is 0 Å². The van der Waals surface area contributed by atoms with Gasteiger partial charge in [-0.25, -0.2) is 13.4 Å². The van der Waals surface area contributed by atoms with E-state index in [1.807, 2.05) is 6.92 Å². The van der Waals surface area contributed by atoms with Crippen LogP contribution >= 0.6 is 0 Å². The number of nitrogens with one attached hydrogen (secondary N) is 1. The highest BCUT2D eigenvalue weighted by molar-refractivity contribution is 7.89. The number of aromatic amines is 1. The average Bonchev–Trinajstić information content (AvgIpc) is 2.98. The van der Waals surface area contributed by atoms with E-state index < -0.39 is 22.0 Å². The summed E-state index contributed by atoms with van der Waals surface area (Å²) in [5.41, 5.74) is 0. The number of H-pyrrole nitrogens is 1. The molecule has 1 aliphatic heterocycles. The van der Waals surface area contributed by atoms with Crippen LogP contribution in [0.4, 0.5) is 0 Å². The number of aliphatic carboxylic acids is 1. The summed E-state index contributed by atoms with van der Waals surface area (Å²) in [6.45, 7) is 2.09. The number of aryl methyl sites for hydroxylation is 1. The summed E-state index contributed by atoms with van der Waals surface area (Å²) in [6, 6.07) is -0.969. The van der Waals surface area contributed by atoms with Gasteiger partial charge in [0.2, 0.25) is 0 Å². The molecule has 1 atom stereocenters. The summed E-state index contributed by atoms with van der Waals surface area (Å²) in [5.74, 6) is -0.536. The molecule has 1 aromatic rings. The van der Waals surface area contributed by atoms with Gasteiger partial charge in [0.05, 0.1) is 6.20 Å². The van der Waals surface area contributed by atoms with E-state index in [9.17, 15) is 13.2 Å². The van der Waals surface area contributed by atoms with Gasteiger partial charge < -0.3 is 10.1 Å². The zero-order chi connectivity index (χ0) is 13.3. The molecule has 1 aliphatic rings. The van der Waals surface area contributed by atoms with Gasteiger partial charge in [-0.05, 0) is 12.8 Å². The Balaban J connectivity index is 2.33. The van der Waals surface area contributed by atoms with Crippen LogP contribution in [0.2, 0.25) is 0 Å². The lowest BCUT2D eigenvalue weighted by atomic mass is 10.2. The van der Waals surface area contributed by atoms with Crippen LogP contribution in [0.15, 0.2) is 11.2 Å². The molecule has 2 rings (SSSR count). The first kappa shape index (κ1) is 13.0. The van der Waals surface area contributed by atoms with E-state index in [4.69, 9.17) is 5.11 Å². The third-order valence-corrected chi connectivity index (χ3v) is 4.83. The lowest BCUT2D eigenvalue weighted by molar-refractivity contribution is -0.140. The fourth-order valence-corrected chi connectivity index (χ4v) is 3.64. The van der Waals surface area contributed by atoms with E-state index in [0.29, 0.717) is 25.1 Å². The summed E-state index contributed by atoms with van der Waals surface area (Å²) >= 11 is 0. The highest BCUT2D eigenvalue weighted by atomic mass is 32.2. The monoisotopic (exact) mass is 273 g/mol. The molecule has 2 heterocycles. The molecule has 0 bridgehead atoms. The number of carboxylic acids is 1. The first-order valence-electron chi connectivity index (χ1n) is 5.75. The van der Waals surface area contributed by atoms with Gasteiger partial charge in [0.1, 0.15) is 11.9 Å². The van der Waals surface area contributed by atoms with Crippen molar-refractivity contribution >= 4 is 16.0 Å². The number of aromatic nitrogens is 2. The van der Waals surface area contributed by atoms with Crippen LogP contribution in [0.3, 0.4) is 0 Å². The Hall–Kier alpha value is -1.41. The van der Waals surface area contributed by atoms with Crippen molar-refractivity contribution < 1.29 is 18.3 Å². The zero-order valence-corrected chi connectivity index (χ0v) is 10.8. The van der Waals surface area contributed by atoms with Crippen LogP contribution in [0.5, 0.6) is 0 Å². The average molecular weight is 273 g/mol. The van der Waals surface area contributed by atoms with Gasteiger partial charge in [-0.1, -0.05) is 6.92 Å². The minimum Gasteiger partial charge on any atom is -0.480 e. The molecule has 0 spiro atoms. The van der Waals surface area contributed by atoms with Gasteiger partial charge in [0.25, 0.3) is 10.0 Å². The van der Waals surface area contributed by atoms with Gasteiger partial charge in [0.15, 0.2) is 5.03 Å². The number of rotatable bonds is 4. The van der Waals surface area contributed by atoms with E-state index >= 15 is 0 Å². The molecule has 0 amide bonds. The molecule has 1 unspecified atom stereocenters. The van der Waals surface area contributed by atoms with Crippen molar-refractivity contribution in [1.29, 1.82) is 0 Å². The standard InChI is InChI=1S/C10H15N3O4S/c1-2-8-11-6-9(12-8)18(16,17)13-5-3-4-7(13)10(14)15/h6-7H,2-5H2,1H3,(H,11,12)(H,14,15). The Morgan fingerprint density at radius 3 is 2.94 bits per heavy atom. The third-order valence-electron chi connectivity index (χ3n) is 3.02. The maximum atomic E-state index is 12.3. The number of hydrogen-bond acceptors (Lipinski definition) is 4. The molecule has 0 aliphatic carbocycles. The van der Waals surface area contributed by atoms with E-state index in [2.05, 4.69) is 9.97 Å². The van der Waals surface area contributed by atoms with Crippen molar-refractivity contribution in [1.82, 2.24) is 14.3 Å². The SMILES string of the molecule is CCc1ncc(S(=O)(=O)N2CCCC2C(=O)O)[nH]1. The summed E-state index contributed by atoms with van der Waals surface area (Å²) in [6.07, 6.45) is 2.75. The Morgan fingerprint density at radius 1 is 1.67 bits per heavy atom. The normalized spacial score (nSPS) is 21.3. The molecule has 18 heavy (non-hydrogen) atoms. The third kappa shape index (κ3) is 2.13. The van der Waals surface area contributed by atoms with Crippen LogP contribution in [-0.2, 0) is 21.2 Å². The quantitative estimate of drug-likeness (QED) is 0.816. The number of carboxylic acid groups (broad SMARTS) is 1. The molecule has 0 saturated carbocycles. The Kier molecular flexibility index (Phi) is 3.40. The summed E-state index contributed by atoms with van der Waals surface area (Å²) in [4.78, 5) is 17.7. The smallest absolute Gasteiger partial charge is 0.322 e. The largest absolute Gasteiger partial charge is 0.480 e. The number of carbonyl (C=O) groups is 1. The topological polar surface area (TPSA) is 103 Å². The predicted molar refractivity (Wildman–Crippen MR) is 62.5 cm³/mol. The van der Waals surface area contributed by atoms with Gasteiger partial charge in [-0.2, -0.15) is 4.31 Å². The molecule has 1 saturated heterocycles. The molecule has 0 radical (unpaired) electrons. The van der Waals surface area contributed by atoms with Crippen molar-refractivity contribution in [3.63, 3.8) is 0 Å². The zero-order valence-electron chi connectivity index (χ0n) is 9.96. The van der Waals surface area contributed by atoms with E-state index in [1.165, 1.54) is 6.20 Å². The van der Waals surface area contributed by atoms with Crippen LogP contribution in [0.25, 0.3) is 0 Å². The molecule has 2 N–H and O–H groups in total. The second-order valence-corrected chi connectivity index (χ2v) is 6.02. The number of hydrogen-bond donors (Lipinski definition) is 2. The molecular weight excluding hydrogens is 258 g/mol. The van der Waals surface area contributed by atoms with Gasteiger partial charge in [0, 0.05) is 13.0 Å². The maximum Gasteiger partial charge on any atom is 0.322 e. The number of nitrogens with zero attached hydrogens (tertiary/aromatic N) is 2. The predicted octanol–water partition coefficient (Wildman–Crippen LogP) is 0.210. The fraction of sp³-hybridized carbons (Fsp3) is 0.600. The second kappa shape index (κ2) is 4.69. The van der Waals surface area contributed by atoms with Crippen molar-refractivity contribution in [3.8, 4) is 0 Å². The summed E-state index contributed by atoms with van der Waals surface area (Å²) < 4.78 is 25.6. The van der Waals surface area contributed by atoms with E-state index in [1.54, 1.807) is 0 Å². The Labute approximate surface area is 105 Å². The van der Waals surface area contributed by atoms with Crippen molar-refractivity contribution in [2.45, 2.75) is 37.3 Å². The van der Waals surface area contributed by atoms with E-state index in [-0.39, 0.29) is 11.6 Å². The molecule has 8 heteroatoms. The molecule has 1 fully saturated rings. The highest BCUT2D eigenvalue weighted by Crippen LogP contribution is 2.25. The van der Waals surface area contributed by atoms with E-state index in [0.717, 1.165) is 4.31 Å². The fourth-order valence-electron chi connectivity index (χ4n) is 2.06. The number of imidazole rings is 1. The molecular formula is C10H15N3O4S. The molecule has 1 aromatic heterocycles. The first-order valence-corrected chi connectivity index (χ1v) is 7.19.